The van der Waals surface area contributed by atoms with Gasteiger partial charge >= 0.3 is 0 Å². The van der Waals surface area contributed by atoms with E-state index in [0.29, 0.717) is 43.4 Å². The van der Waals surface area contributed by atoms with Gasteiger partial charge in [0.15, 0.2) is 0 Å². The van der Waals surface area contributed by atoms with Crippen molar-refractivity contribution in [2.45, 2.75) is 43.4 Å². The molecule has 2 aromatic carbocycles. The molecule has 0 atom stereocenters. The summed E-state index contributed by atoms with van der Waals surface area (Å²) in [6.45, 7) is 2.41. The number of ether oxygens (including phenoxy) is 1. The Labute approximate surface area is 191 Å². The van der Waals surface area contributed by atoms with Crippen LogP contribution in [0.15, 0.2) is 53.4 Å². The number of carbonyl (C=O) groups excluding carboxylic acids is 1. The average Bonchev–Trinajstić information content (AvgIpc) is 2.84. The highest BCUT2D eigenvalue weighted by atomic mass is 32.2. The summed E-state index contributed by atoms with van der Waals surface area (Å²) >= 11 is 0. The molecule has 2 heterocycles. The van der Waals surface area contributed by atoms with Gasteiger partial charge in [-0.25, -0.2) is 8.42 Å². The van der Waals surface area contributed by atoms with E-state index in [0.717, 1.165) is 38.5 Å². The maximum absolute atomic E-state index is 13.4. The molecule has 2 saturated heterocycles. The fourth-order valence-corrected chi connectivity index (χ4v) is 6.23. The van der Waals surface area contributed by atoms with Crippen LogP contribution in [0.3, 0.4) is 0 Å². The molecule has 0 saturated carbocycles. The zero-order chi connectivity index (χ0) is 22.6. The first-order chi connectivity index (χ1) is 15.5. The molecular formula is C25H32N2O4S. The van der Waals surface area contributed by atoms with Gasteiger partial charge in [0.2, 0.25) is 10.0 Å². The van der Waals surface area contributed by atoms with Crippen LogP contribution in [-0.2, 0) is 16.4 Å². The van der Waals surface area contributed by atoms with E-state index in [4.69, 9.17) is 4.74 Å². The Hall–Kier alpha value is -2.38. The molecule has 32 heavy (non-hydrogen) atoms. The summed E-state index contributed by atoms with van der Waals surface area (Å²) in [5.74, 6) is 0.747. The van der Waals surface area contributed by atoms with Crippen molar-refractivity contribution in [2.24, 2.45) is 5.92 Å². The molecule has 7 heteroatoms. The van der Waals surface area contributed by atoms with E-state index in [1.807, 2.05) is 18.2 Å². The largest absolute Gasteiger partial charge is 0.496 e. The highest BCUT2D eigenvalue weighted by Gasteiger charge is 2.31. The Kier molecular flexibility index (Phi) is 7.16. The van der Waals surface area contributed by atoms with Crippen molar-refractivity contribution in [1.29, 1.82) is 0 Å². The van der Waals surface area contributed by atoms with Gasteiger partial charge in [0.1, 0.15) is 5.75 Å². The first-order valence-electron chi connectivity index (χ1n) is 11.5. The van der Waals surface area contributed by atoms with Gasteiger partial charge in [-0.2, -0.15) is 4.31 Å². The Bertz CT molecular complexity index is 1030. The van der Waals surface area contributed by atoms with Crippen LogP contribution in [0.5, 0.6) is 5.75 Å². The van der Waals surface area contributed by atoms with E-state index in [1.165, 1.54) is 18.7 Å². The number of methoxy groups -OCH3 is 1. The second-order valence-electron chi connectivity index (χ2n) is 8.75. The fourth-order valence-electron chi connectivity index (χ4n) is 4.73. The molecule has 0 aliphatic carbocycles. The zero-order valence-electron chi connectivity index (χ0n) is 18.7. The lowest BCUT2D eigenvalue weighted by Gasteiger charge is -2.31. The minimum atomic E-state index is -3.66. The third-order valence-corrected chi connectivity index (χ3v) is 8.52. The van der Waals surface area contributed by atoms with Crippen molar-refractivity contribution in [1.82, 2.24) is 9.21 Å². The summed E-state index contributed by atoms with van der Waals surface area (Å²) in [6, 6.07) is 15.0. The predicted octanol–water partition coefficient (Wildman–Crippen LogP) is 3.96. The Morgan fingerprint density at radius 3 is 2.31 bits per heavy atom. The van der Waals surface area contributed by atoms with Gasteiger partial charge in [0.25, 0.3) is 5.91 Å². The summed E-state index contributed by atoms with van der Waals surface area (Å²) in [5, 5.41) is 0. The number of sulfonamides is 1. The molecule has 172 valence electrons. The van der Waals surface area contributed by atoms with E-state index in [2.05, 4.69) is 12.1 Å². The monoisotopic (exact) mass is 456 g/mol. The topological polar surface area (TPSA) is 66.9 Å². The lowest BCUT2D eigenvalue weighted by atomic mass is 9.91. The quantitative estimate of drug-likeness (QED) is 0.660. The molecule has 2 aliphatic heterocycles. The third-order valence-electron chi connectivity index (χ3n) is 6.62. The highest BCUT2D eigenvalue weighted by molar-refractivity contribution is 7.89. The van der Waals surface area contributed by atoms with Crippen molar-refractivity contribution in [2.75, 3.05) is 33.3 Å². The number of carbonyl (C=O) groups is 1. The van der Waals surface area contributed by atoms with Crippen molar-refractivity contribution < 1.29 is 17.9 Å². The van der Waals surface area contributed by atoms with Gasteiger partial charge in [-0.05, 0) is 68.2 Å². The van der Waals surface area contributed by atoms with E-state index < -0.39 is 10.0 Å². The van der Waals surface area contributed by atoms with Crippen LogP contribution in [0.2, 0.25) is 0 Å². The molecule has 2 aliphatic rings. The molecule has 2 fully saturated rings. The Balaban J connectivity index is 1.48. The van der Waals surface area contributed by atoms with Crippen LogP contribution in [-0.4, -0.2) is 56.8 Å². The summed E-state index contributed by atoms with van der Waals surface area (Å²) in [5.41, 5.74) is 1.62. The summed E-state index contributed by atoms with van der Waals surface area (Å²) in [4.78, 5) is 15.1. The molecule has 0 N–H and O–H groups in total. The second kappa shape index (κ2) is 10.0. The van der Waals surface area contributed by atoms with E-state index in [9.17, 15) is 13.2 Å². The van der Waals surface area contributed by atoms with Crippen LogP contribution in [0, 0.1) is 5.92 Å². The normalized spacial score (nSPS) is 18.5. The Morgan fingerprint density at radius 2 is 1.66 bits per heavy atom. The number of rotatable bonds is 6. The third kappa shape index (κ3) is 4.99. The number of nitrogens with zero attached hydrogens (tertiary/aromatic N) is 2. The molecular weight excluding hydrogens is 424 g/mol. The number of likely N-dealkylation sites (tertiary alicyclic amines) is 1. The maximum Gasteiger partial charge on any atom is 0.257 e. The number of hydrogen-bond acceptors (Lipinski definition) is 4. The van der Waals surface area contributed by atoms with E-state index >= 15 is 0 Å². The number of benzene rings is 2. The SMILES string of the molecule is COc1ccc(S(=O)(=O)N2CCC(Cc3ccccc3)CC2)cc1C(=O)N1CCCCC1. The van der Waals surface area contributed by atoms with Gasteiger partial charge in [0, 0.05) is 26.2 Å². The standard InChI is InChI=1S/C25H32N2O4S/c1-31-24-11-10-22(19-23(24)25(28)26-14-6-3-7-15-26)32(29,30)27-16-12-21(13-17-27)18-20-8-4-2-5-9-20/h2,4-5,8-11,19,21H,3,6-7,12-18H2,1H3. The second-order valence-corrected chi connectivity index (χ2v) is 10.7. The first-order valence-corrected chi connectivity index (χ1v) is 12.9. The van der Waals surface area contributed by atoms with Gasteiger partial charge < -0.3 is 9.64 Å². The van der Waals surface area contributed by atoms with E-state index in [1.54, 1.807) is 21.3 Å². The molecule has 0 radical (unpaired) electrons. The summed E-state index contributed by atoms with van der Waals surface area (Å²) in [6.07, 6.45) is 5.73. The van der Waals surface area contributed by atoms with Gasteiger partial charge in [-0.15, -0.1) is 0 Å². The molecule has 4 rings (SSSR count). The molecule has 2 aromatic rings. The molecule has 0 spiro atoms. The van der Waals surface area contributed by atoms with Crippen molar-refractivity contribution in [3.8, 4) is 5.75 Å². The minimum Gasteiger partial charge on any atom is -0.496 e. The van der Waals surface area contributed by atoms with Crippen molar-refractivity contribution >= 4 is 15.9 Å². The lowest BCUT2D eigenvalue weighted by Crippen LogP contribution is -2.39. The van der Waals surface area contributed by atoms with Crippen LogP contribution in [0.1, 0.15) is 48.0 Å². The van der Waals surface area contributed by atoms with Gasteiger partial charge in [0.05, 0.1) is 17.6 Å². The fraction of sp³-hybridized carbons (Fsp3) is 0.480. The van der Waals surface area contributed by atoms with E-state index in [-0.39, 0.29) is 10.8 Å². The van der Waals surface area contributed by atoms with Gasteiger partial charge in [-0.1, -0.05) is 30.3 Å². The van der Waals surface area contributed by atoms with Crippen LogP contribution >= 0.6 is 0 Å². The number of piperidine rings is 2. The smallest absolute Gasteiger partial charge is 0.257 e. The predicted molar refractivity (Wildman–Crippen MR) is 124 cm³/mol. The van der Waals surface area contributed by atoms with Crippen LogP contribution in [0.4, 0.5) is 0 Å². The summed E-state index contributed by atoms with van der Waals surface area (Å²) < 4.78 is 33.7. The van der Waals surface area contributed by atoms with Crippen molar-refractivity contribution in [3.63, 3.8) is 0 Å². The minimum absolute atomic E-state index is 0.153. The summed E-state index contributed by atoms with van der Waals surface area (Å²) in [7, 11) is -2.16. The molecule has 0 unspecified atom stereocenters. The average molecular weight is 457 g/mol. The molecule has 0 aromatic heterocycles. The zero-order valence-corrected chi connectivity index (χ0v) is 19.5. The lowest BCUT2D eigenvalue weighted by molar-refractivity contribution is 0.0720. The molecule has 6 nitrogen and oxygen atoms in total. The van der Waals surface area contributed by atoms with Crippen LogP contribution in [0.25, 0.3) is 0 Å². The highest BCUT2D eigenvalue weighted by Crippen LogP contribution is 2.30. The molecule has 0 bridgehead atoms. The van der Waals surface area contributed by atoms with Crippen molar-refractivity contribution in [3.05, 3.63) is 59.7 Å². The Morgan fingerprint density at radius 1 is 0.969 bits per heavy atom. The first kappa shape index (κ1) is 22.8. The molecule has 1 amide bonds. The maximum atomic E-state index is 13.4. The number of amides is 1. The van der Waals surface area contributed by atoms with Crippen LogP contribution < -0.4 is 4.74 Å². The van der Waals surface area contributed by atoms with Gasteiger partial charge in [-0.3, -0.25) is 4.79 Å². The number of hydrogen-bond donors (Lipinski definition) is 0.